The van der Waals surface area contributed by atoms with Gasteiger partial charge in [-0.3, -0.25) is 9.89 Å². The third-order valence-corrected chi connectivity index (χ3v) is 2.58. The van der Waals surface area contributed by atoms with E-state index < -0.39 is 11.7 Å². The molecule has 1 amide bonds. The number of carbonyl (C=O) groups excluding carboxylic acids is 1. The Morgan fingerprint density at radius 2 is 2.33 bits per heavy atom. The van der Waals surface area contributed by atoms with Crippen molar-refractivity contribution in [1.82, 2.24) is 15.5 Å². The van der Waals surface area contributed by atoms with E-state index in [1.807, 2.05) is 6.92 Å². The Bertz CT molecular complexity index is 580. The molecule has 6 heteroatoms. The van der Waals surface area contributed by atoms with Gasteiger partial charge in [0.1, 0.15) is 11.6 Å². The highest BCUT2D eigenvalue weighted by molar-refractivity contribution is 5.96. The summed E-state index contributed by atoms with van der Waals surface area (Å²) in [6.07, 6.45) is 1.61. The van der Waals surface area contributed by atoms with Crippen molar-refractivity contribution in [3.05, 3.63) is 47.0 Å². The second-order valence-corrected chi connectivity index (χ2v) is 3.86. The number of benzene rings is 1. The number of aromatic amines is 1. The Hall–Kier alpha value is -2.37. The second kappa shape index (κ2) is 4.87. The van der Waals surface area contributed by atoms with Crippen molar-refractivity contribution in [3.8, 4) is 5.75 Å². The third kappa shape index (κ3) is 2.48. The molecule has 0 saturated heterocycles. The number of hydrogen-bond donors (Lipinski definition) is 3. The molecule has 5 nitrogen and oxygen atoms in total. The largest absolute Gasteiger partial charge is 0.507 e. The molecule has 0 fully saturated rings. The quantitative estimate of drug-likeness (QED) is 0.771. The van der Waals surface area contributed by atoms with E-state index in [9.17, 15) is 14.3 Å². The lowest BCUT2D eigenvalue weighted by atomic mass is 10.1. The van der Waals surface area contributed by atoms with Crippen LogP contribution in [0.25, 0.3) is 0 Å². The number of hydrogen-bond acceptors (Lipinski definition) is 3. The van der Waals surface area contributed by atoms with Crippen LogP contribution >= 0.6 is 0 Å². The van der Waals surface area contributed by atoms with Crippen LogP contribution in [0.15, 0.2) is 24.4 Å². The van der Waals surface area contributed by atoms with Gasteiger partial charge in [-0.05, 0) is 19.1 Å². The summed E-state index contributed by atoms with van der Waals surface area (Å²) in [7, 11) is 0. The number of aromatic nitrogens is 2. The van der Waals surface area contributed by atoms with Crippen LogP contribution < -0.4 is 5.32 Å². The Morgan fingerprint density at radius 3 is 2.94 bits per heavy atom. The summed E-state index contributed by atoms with van der Waals surface area (Å²) in [6, 6.07) is 3.26. The van der Waals surface area contributed by atoms with E-state index in [4.69, 9.17) is 0 Å². The lowest BCUT2D eigenvalue weighted by Gasteiger charge is -2.06. The van der Waals surface area contributed by atoms with Crippen molar-refractivity contribution in [3.63, 3.8) is 0 Å². The first kappa shape index (κ1) is 12.1. The van der Waals surface area contributed by atoms with E-state index in [1.54, 1.807) is 6.20 Å². The fourth-order valence-corrected chi connectivity index (χ4v) is 1.52. The van der Waals surface area contributed by atoms with Gasteiger partial charge in [-0.1, -0.05) is 0 Å². The van der Waals surface area contributed by atoms with Gasteiger partial charge in [0.25, 0.3) is 5.91 Å². The summed E-state index contributed by atoms with van der Waals surface area (Å²) < 4.78 is 12.8. The van der Waals surface area contributed by atoms with Crippen LogP contribution in [0.1, 0.15) is 21.6 Å². The number of halogens is 1. The number of amides is 1. The molecule has 94 valence electrons. The molecule has 2 aromatic rings. The normalized spacial score (nSPS) is 10.3. The summed E-state index contributed by atoms with van der Waals surface area (Å²) in [5, 5.41) is 18.7. The first-order valence-corrected chi connectivity index (χ1v) is 5.33. The zero-order valence-corrected chi connectivity index (χ0v) is 9.70. The molecule has 0 radical (unpaired) electrons. The number of nitrogens with zero attached hydrogens (tertiary/aromatic N) is 1. The van der Waals surface area contributed by atoms with Gasteiger partial charge in [0.15, 0.2) is 0 Å². The number of carbonyl (C=O) groups is 1. The lowest BCUT2D eigenvalue weighted by Crippen LogP contribution is -2.23. The van der Waals surface area contributed by atoms with Crippen molar-refractivity contribution in [2.24, 2.45) is 0 Å². The van der Waals surface area contributed by atoms with Gasteiger partial charge in [0.05, 0.1) is 11.8 Å². The van der Waals surface area contributed by atoms with Gasteiger partial charge in [-0.15, -0.1) is 0 Å². The van der Waals surface area contributed by atoms with Crippen molar-refractivity contribution >= 4 is 5.91 Å². The number of aryl methyl sites for hydroxylation is 1. The van der Waals surface area contributed by atoms with Crippen LogP contribution in [-0.4, -0.2) is 21.2 Å². The van der Waals surface area contributed by atoms with E-state index in [-0.39, 0.29) is 17.9 Å². The average Bonchev–Trinajstić information content (AvgIpc) is 2.72. The summed E-state index contributed by atoms with van der Waals surface area (Å²) in [4.78, 5) is 11.8. The molecule has 0 saturated carbocycles. The van der Waals surface area contributed by atoms with Crippen LogP contribution in [-0.2, 0) is 6.54 Å². The number of phenolic OH excluding ortho intramolecular Hbond substituents is 1. The van der Waals surface area contributed by atoms with Crippen LogP contribution in [0.5, 0.6) is 5.75 Å². The number of phenols is 1. The Labute approximate surface area is 103 Å². The predicted molar refractivity (Wildman–Crippen MR) is 62.6 cm³/mol. The Morgan fingerprint density at radius 1 is 1.56 bits per heavy atom. The minimum absolute atomic E-state index is 0.0394. The zero-order chi connectivity index (χ0) is 13.1. The number of aromatic hydroxyl groups is 1. The maximum Gasteiger partial charge on any atom is 0.255 e. The van der Waals surface area contributed by atoms with Gasteiger partial charge < -0.3 is 10.4 Å². The zero-order valence-electron chi connectivity index (χ0n) is 9.70. The van der Waals surface area contributed by atoms with Gasteiger partial charge in [-0.2, -0.15) is 5.10 Å². The molecule has 1 aromatic heterocycles. The molecule has 0 unspecified atom stereocenters. The smallest absolute Gasteiger partial charge is 0.255 e. The fraction of sp³-hybridized carbons (Fsp3) is 0.167. The molecule has 0 spiro atoms. The molecule has 0 aliphatic heterocycles. The van der Waals surface area contributed by atoms with Gasteiger partial charge >= 0.3 is 0 Å². The first-order chi connectivity index (χ1) is 8.58. The van der Waals surface area contributed by atoms with Crippen molar-refractivity contribution in [2.75, 3.05) is 0 Å². The average molecular weight is 249 g/mol. The summed E-state index contributed by atoms with van der Waals surface area (Å²) >= 11 is 0. The van der Waals surface area contributed by atoms with Crippen molar-refractivity contribution in [2.45, 2.75) is 13.5 Å². The molecule has 2 rings (SSSR count). The highest BCUT2D eigenvalue weighted by atomic mass is 19.1. The molecular formula is C12H12FN3O2. The fourth-order valence-electron chi connectivity index (χ4n) is 1.52. The second-order valence-electron chi connectivity index (χ2n) is 3.86. The number of rotatable bonds is 3. The molecule has 0 aliphatic carbocycles. The molecule has 18 heavy (non-hydrogen) atoms. The molecule has 3 N–H and O–H groups in total. The number of nitrogens with one attached hydrogen (secondary N) is 2. The van der Waals surface area contributed by atoms with E-state index in [2.05, 4.69) is 15.5 Å². The SMILES string of the molecule is Cc1[nH]ncc1CNC(=O)c1ccc(F)cc1O. The highest BCUT2D eigenvalue weighted by Gasteiger charge is 2.12. The van der Waals surface area contributed by atoms with Crippen LogP contribution in [0.3, 0.4) is 0 Å². The van der Waals surface area contributed by atoms with E-state index in [1.165, 1.54) is 6.07 Å². The standard InChI is InChI=1S/C12H12FN3O2/c1-7-8(6-15-16-7)5-14-12(18)10-3-2-9(13)4-11(10)17/h2-4,6,17H,5H2,1H3,(H,14,18)(H,15,16). The molecule has 0 atom stereocenters. The topological polar surface area (TPSA) is 78.0 Å². The van der Waals surface area contributed by atoms with Crippen LogP contribution in [0.2, 0.25) is 0 Å². The lowest BCUT2D eigenvalue weighted by molar-refractivity contribution is 0.0948. The molecule has 1 heterocycles. The third-order valence-electron chi connectivity index (χ3n) is 2.58. The summed E-state index contributed by atoms with van der Waals surface area (Å²) in [5.74, 6) is -1.43. The van der Waals surface area contributed by atoms with Crippen LogP contribution in [0.4, 0.5) is 4.39 Å². The monoisotopic (exact) mass is 249 g/mol. The maximum atomic E-state index is 12.8. The predicted octanol–water partition coefficient (Wildman–Crippen LogP) is 1.49. The maximum absolute atomic E-state index is 12.8. The van der Waals surface area contributed by atoms with Gasteiger partial charge in [0.2, 0.25) is 0 Å². The van der Waals surface area contributed by atoms with E-state index in [0.29, 0.717) is 0 Å². The van der Waals surface area contributed by atoms with Gasteiger partial charge in [-0.25, -0.2) is 4.39 Å². The van der Waals surface area contributed by atoms with E-state index in [0.717, 1.165) is 23.4 Å². The van der Waals surface area contributed by atoms with Crippen molar-refractivity contribution in [1.29, 1.82) is 0 Å². The molecule has 1 aromatic carbocycles. The minimum Gasteiger partial charge on any atom is -0.507 e. The minimum atomic E-state index is -0.588. The van der Waals surface area contributed by atoms with Crippen LogP contribution in [0, 0.1) is 12.7 Å². The molecule has 0 aliphatic rings. The van der Waals surface area contributed by atoms with E-state index >= 15 is 0 Å². The number of H-pyrrole nitrogens is 1. The molecular weight excluding hydrogens is 237 g/mol. The summed E-state index contributed by atoms with van der Waals surface area (Å²) in [5.41, 5.74) is 1.75. The van der Waals surface area contributed by atoms with Gasteiger partial charge in [0, 0.05) is 23.9 Å². The van der Waals surface area contributed by atoms with Crippen molar-refractivity contribution < 1.29 is 14.3 Å². The Kier molecular flexibility index (Phi) is 3.27. The molecule has 0 bridgehead atoms. The first-order valence-electron chi connectivity index (χ1n) is 5.33. The summed E-state index contributed by atoms with van der Waals surface area (Å²) in [6.45, 7) is 2.13. The Balaban J connectivity index is 2.06. The highest BCUT2D eigenvalue weighted by Crippen LogP contribution is 2.17.